The second-order valence-corrected chi connectivity index (χ2v) is 5.25. The van der Waals surface area contributed by atoms with Crippen LogP contribution in [0.3, 0.4) is 0 Å². The molecule has 0 saturated carbocycles. The van der Waals surface area contributed by atoms with Gasteiger partial charge in [0.2, 0.25) is 0 Å². The summed E-state index contributed by atoms with van der Waals surface area (Å²) < 4.78 is 7.07. The van der Waals surface area contributed by atoms with Crippen LogP contribution in [0.5, 0.6) is 5.75 Å². The van der Waals surface area contributed by atoms with Gasteiger partial charge in [-0.25, -0.2) is 0 Å². The van der Waals surface area contributed by atoms with Crippen LogP contribution in [-0.4, -0.2) is 40.9 Å². The molecule has 25 heavy (non-hydrogen) atoms. The zero-order valence-corrected chi connectivity index (χ0v) is 13.8. The van der Waals surface area contributed by atoms with Crippen LogP contribution in [-0.2, 0) is 0 Å². The van der Waals surface area contributed by atoms with E-state index in [9.17, 15) is 4.79 Å². The van der Waals surface area contributed by atoms with Gasteiger partial charge in [0.05, 0.1) is 12.7 Å². The Morgan fingerprint density at radius 3 is 2.56 bits per heavy atom. The van der Waals surface area contributed by atoms with Gasteiger partial charge in [-0.1, -0.05) is 12.1 Å². The monoisotopic (exact) mass is 337 g/mol. The first-order valence-corrected chi connectivity index (χ1v) is 7.90. The van der Waals surface area contributed by atoms with E-state index in [2.05, 4.69) is 20.8 Å². The first kappa shape index (κ1) is 16.5. The largest absolute Gasteiger partial charge is 0.496 e. The van der Waals surface area contributed by atoms with E-state index in [1.807, 2.05) is 47.3 Å². The standard InChI is InChI=1S/C18H19N5O2/c1-25-15-7-3-2-6-14(15)18(24)20-11-10-19-16-8-9-17(22-21-16)23-12-4-5-13-23/h2-9,12-13H,10-11H2,1H3,(H,19,21)(H,20,24). The van der Waals surface area contributed by atoms with E-state index in [1.54, 1.807) is 25.3 Å². The summed E-state index contributed by atoms with van der Waals surface area (Å²) >= 11 is 0. The summed E-state index contributed by atoms with van der Waals surface area (Å²) in [5.41, 5.74) is 0.515. The van der Waals surface area contributed by atoms with Gasteiger partial charge < -0.3 is 19.9 Å². The van der Waals surface area contributed by atoms with E-state index >= 15 is 0 Å². The Morgan fingerprint density at radius 1 is 1.04 bits per heavy atom. The molecule has 0 spiro atoms. The topological polar surface area (TPSA) is 81.1 Å². The van der Waals surface area contributed by atoms with Crippen LogP contribution in [0.15, 0.2) is 60.9 Å². The third kappa shape index (κ3) is 4.14. The van der Waals surface area contributed by atoms with Gasteiger partial charge in [-0.05, 0) is 36.4 Å². The Hall–Kier alpha value is -3.35. The van der Waals surface area contributed by atoms with Gasteiger partial charge in [0, 0.05) is 25.5 Å². The molecule has 0 unspecified atom stereocenters. The van der Waals surface area contributed by atoms with Crippen molar-refractivity contribution in [1.82, 2.24) is 20.1 Å². The predicted octanol–water partition coefficient (Wildman–Crippen LogP) is 2.12. The quantitative estimate of drug-likeness (QED) is 0.646. The van der Waals surface area contributed by atoms with Crippen molar-refractivity contribution in [2.75, 3.05) is 25.5 Å². The molecule has 3 aromatic rings. The Kier molecular flexibility index (Phi) is 5.26. The van der Waals surface area contributed by atoms with E-state index in [4.69, 9.17) is 4.74 Å². The molecule has 7 nitrogen and oxygen atoms in total. The molecule has 2 aromatic heterocycles. The van der Waals surface area contributed by atoms with E-state index < -0.39 is 0 Å². The number of hydrogen-bond donors (Lipinski definition) is 2. The van der Waals surface area contributed by atoms with Crippen LogP contribution in [0, 0.1) is 0 Å². The van der Waals surface area contributed by atoms with Crippen molar-refractivity contribution in [2.24, 2.45) is 0 Å². The molecule has 2 heterocycles. The van der Waals surface area contributed by atoms with E-state index in [-0.39, 0.29) is 5.91 Å². The third-order valence-electron chi connectivity index (χ3n) is 3.59. The average Bonchev–Trinajstić information content (AvgIpc) is 3.20. The fourth-order valence-electron chi connectivity index (χ4n) is 2.34. The van der Waals surface area contributed by atoms with Gasteiger partial charge in [0.25, 0.3) is 5.91 Å². The highest BCUT2D eigenvalue weighted by molar-refractivity contribution is 5.96. The molecule has 3 rings (SSSR count). The number of nitrogens with zero attached hydrogens (tertiary/aromatic N) is 3. The van der Waals surface area contributed by atoms with Crippen LogP contribution < -0.4 is 15.4 Å². The number of hydrogen-bond acceptors (Lipinski definition) is 5. The van der Waals surface area contributed by atoms with E-state index in [0.717, 1.165) is 5.82 Å². The molecule has 1 aromatic carbocycles. The summed E-state index contributed by atoms with van der Waals surface area (Å²) in [5, 5.41) is 14.2. The summed E-state index contributed by atoms with van der Waals surface area (Å²) in [6.45, 7) is 0.996. The molecule has 0 aliphatic heterocycles. The smallest absolute Gasteiger partial charge is 0.255 e. The van der Waals surface area contributed by atoms with Gasteiger partial charge in [-0.3, -0.25) is 4.79 Å². The molecule has 0 saturated heterocycles. The normalized spacial score (nSPS) is 10.3. The first-order valence-electron chi connectivity index (χ1n) is 7.90. The number of aromatic nitrogens is 3. The van der Waals surface area contributed by atoms with Crippen LogP contribution in [0.25, 0.3) is 5.82 Å². The number of para-hydroxylation sites is 1. The van der Waals surface area contributed by atoms with Crippen molar-refractivity contribution in [1.29, 1.82) is 0 Å². The van der Waals surface area contributed by atoms with Crippen molar-refractivity contribution in [3.05, 3.63) is 66.5 Å². The SMILES string of the molecule is COc1ccccc1C(=O)NCCNc1ccc(-n2cccc2)nn1. The minimum absolute atomic E-state index is 0.173. The number of ether oxygens (including phenoxy) is 1. The van der Waals surface area contributed by atoms with Gasteiger partial charge in [-0.15, -0.1) is 10.2 Å². The molecule has 128 valence electrons. The van der Waals surface area contributed by atoms with Crippen LogP contribution in [0.4, 0.5) is 5.82 Å². The predicted molar refractivity (Wildman–Crippen MR) is 95.2 cm³/mol. The molecule has 0 radical (unpaired) electrons. The summed E-state index contributed by atoms with van der Waals surface area (Å²) in [6, 6.07) is 14.7. The van der Waals surface area contributed by atoms with Crippen molar-refractivity contribution < 1.29 is 9.53 Å². The first-order chi connectivity index (χ1) is 12.3. The van der Waals surface area contributed by atoms with E-state index in [1.165, 1.54) is 0 Å². The van der Waals surface area contributed by atoms with Crippen molar-refractivity contribution >= 4 is 11.7 Å². The minimum atomic E-state index is -0.173. The van der Waals surface area contributed by atoms with Crippen molar-refractivity contribution in [2.45, 2.75) is 0 Å². The van der Waals surface area contributed by atoms with Gasteiger partial charge >= 0.3 is 0 Å². The zero-order chi connectivity index (χ0) is 17.5. The second-order valence-electron chi connectivity index (χ2n) is 5.25. The zero-order valence-electron chi connectivity index (χ0n) is 13.8. The lowest BCUT2D eigenvalue weighted by molar-refractivity contribution is 0.0952. The average molecular weight is 337 g/mol. The molecule has 0 bridgehead atoms. The summed E-state index contributed by atoms with van der Waals surface area (Å²) in [6.07, 6.45) is 3.81. The number of anilines is 1. The molecule has 0 aliphatic rings. The Morgan fingerprint density at radius 2 is 1.84 bits per heavy atom. The minimum Gasteiger partial charge on any atom is -0.496 e. The molecule has 0 fully saturated rings. The number of carbonyl (C=O) groups excluding carboxylic acids is 1. The van der Waals surface area contributed by atoms with Crippen LogP contribution in [0.1, 0.15) is 10.4 Å². The van der Waals surface area contributed by atoms with Crippen LogP contribution in [0.2, 0.25) is 0 Å². The fourth-order valence-corrected chi connectivity index (χ4v) is 2.34. The molecule has 1 amide bonds. The Balaban J connectivity index is 1.47. The molecule has 0 aliphatic carbocycles. The number of benzene rings is 1. The van der Waals surface area contributed by atoms with E-state index in [0.29, 0.717) is 30.2 Å². The highest BCUT2D eigenvalue weighted by Crippen LogP contribution is 2.16. The maximum atomic E-state index is 12.2. The summed E-state index contributed by atoms with van der Waals surface area (Å²) in [5.74, 6) is 1.79. The summed E-state index contributed by atoms with van der Waals surface area (Å²) in [4.78, 5) is 12.2. The number of rotatable bonds is 7. The number of amides is 1. The fraction of sp³-hybridized carbons (Fsp3) is 0.167. The maximum Gasteiger partial charge on any atom is 0.255 e. The second kappa shape index (κ2) is 7.96. The Bertz CT molecular complexity index is 816. The van der Waals surface area contributed by atoms with Crippen LogP contribution >= 0.6 is 0 Å². The Labute approximate surface area is 145 Å². The van der Waals surface area contributed by atoms with Crippen molar-refractivity contribution in [3.63, 3.8) is 0 Å². The lowest BCUT2D eigenvalue weighted by atomic mass is 10.2. The summed E-state index contributed by atoms with van der Waals surface area (Å²) in [7, 11) is 1.55. The van der Waals surface area contributed by atoms with Gasteiger partial charge in [0.1, 0.15) is 11.6 Å². The molecule has 2 N–H and O–H groups in total. The molecule has 7 heteroatoms. The van der Waals surface area contributed by atoms with Gasteiger partial charge in [-0.2, -0.15) is 0 Å². The molecule has 0 atom stereocenters. The lowest BCUT2D eigenvalue weighted by Crippen LogP contribution is -2.29. The number of nitrogens with one attached hydrogen (secondary N) is 2. The highest BCUT2D eigenvalue weighted by Gasteiger charge is 2.10. The number of methoxy groups -OCH3 is 1. The highest BCUT2D eigenvalue weighted by atomic mass is 16.5. The lowest BCUT2D eigenvalue weighted by Gasteiger charge is -2.10. The van der Waals surface area contributed by atoms with Gasteiger partial charge in [0.15, 0.2) is 5.82 Å². The maximum absolute atomic E-state index is 12.2. The van der Waals surface area contributed by atoms with Crippen molar-refractivity contribution in [3.8, 4) is 11.6 Å². The third-order valence-corrected chi connectivity index (χ3v) is 3.59. The molecular weight excluding hydrogens is 318 g/mol. The number of carbonyl (C=O) groups is 1. The molecular formula is C18H19N5O2.